The molecule has 8 nitrogen and oxygen atoms in total. The SMILES string of the molecule is CCn1c(SCC(=O)NC2CCN(C(=O)c3ccoc3)CC2)nnc1-c1ccccc1C. The van der Waals surface area contributed by atoms with E-state index in [0.717, 1.165) is 41.5 Å². The van der Waals surface area contributed by atoms with Gasteiger partial charge in [-0.2, -0.15) is 0 Å². The topological polar surface area (TPSA) is 93.3 Å². The summed E-state index contributed by atoms with van der Waals surface area (Å²) >= 11 is 1.40. The second-order valence-corrected chi connectivity index (χ2v) is 8.74. The van der Waals surface area contributed by atoms with Gasteiger partial charge in [0.05, 0.1) is 17.6 Å². The molecule has 1 aromatic carbocycles. The molecule has 4 rings (SSSR count). The predicted molar refractivity (Wildman–Crippen MR) is 122 cm³/mol. The molecule has 1 aliphatic rings. The number of amides is 2. The number of carbonyl (C=O) groups is 2. The summed E-state index contributed by atoms with van der Waals surface area (Å²) in [5, 5.41) is 12.5. The second-order valence-electron chi connectivity index (χ2n) is 7.80. The molecule has 1 saturated heterocycles. The highest BCUT2D eigenvalue weighted by Crippen LogP contribution is 2.26. The van der Waals surface area contributed by atoms with E-state index in [4.69, 9.17) is 4.42 Å². The van der Waals surface area contributed by atoms with Crippen molar-refractivity contribution in [3.8, 4) is 11.4 Å². The lowest BCUT2D eigenvalue weighted by Crippen LogP contribution is -2.46. The van der Waals surface area contributed by atoms with Crippen LogP contribution in [0.4, 0.5) is 0 Å². The van der Waals surface area contributed by atoms with Crippen molar-refractivity contribution in [2.75, 3.05) is 18.8 Å². The van der Waals surface area contributed by atoms with Gasteiger partial charge in [0.2, 0.25) is 5.91 Å². The van der Waals surface area contributed by atoms with Crippen LogP contribution in [0.1, 0.15) is 35.7 Å². The number of aromatic nitrogens is 3. The molecule has 2 aromatic heterocycles. The van der Waals surface area contributed by atoms with E-state index in [2.05, 4.69) is 28.5 Å². The Morgan fingerprint density at radius 3 is 2.66 bits per heavy atom. The smallest absolute Gasteiger partial charge is 0.257 e. The van der Waals surface area contributed by atoms with Crippen LogP contribution < -0.4 is 5.32 Å². The molecular weight excluding hydrogens is 426 g/mol. The van der Waals surface area contributed by atoms with Crippen molar-refractivity contribution in [3.63, 3.8) is 0 Å². The lowest BCUT2D eigenvalue weighted by atomic mass is 10.0. The Labute approximate surface area is 191 Å². The number of rotatable bonds is 7. The Balaban J connectivity index is 1.29. The minimum absolute atomic E-state index is 0.0255. The number of thioether (sulfide) groups is 1. The van der Waals surface area contributed by atoms with Gasteiger partial charge in [-0.3, -0.25) is 9.59 Å². The summed E-state index contributed by atoms with van der Waals surface area (Å²) in [6.07, 6.45) is 4.44. The quantitative estimate of drug-likeness (QED) is 0.551. The number of piperidine rings is 1. The van der Waals surface area contributed by atoms with E-state index in [9.17, 15) is 9.59 Å². The molecule has 0 radical (unpaired) electrons. The molecule has 3 aromatic rings. The molecule has 0 saturated carbocycles. The number of benzene rings is 1. The van der Waals surface area contributed by atoms with Gasteiger partial charge < -0.3 is 19.2 Å². The summed E-state index contributed by atoms with van der Waals surface area (Å²) in [6, 6.07) is 9.83. The molecule has 0 spiro atoms. The largest absolute Gasteiger partial charge is 0.472 e. The van der Waals surface area contributed by atoms with Crippen molar-refractivity contribution >= 4 is 23.6 Å². The third-order valence-electron chi connectivity index (χ3n) is 5.67. The Hall–Kier alpha value is -3.07. The van der Waals surface area contributed by atoms with Crippen LogP contribution >= 0.6 is 11.8 Å². The van der Waals surface area contributed by atoms with Crippen molar-refractivity contribution in [2.24, 2.45) is 0 Å². The van der Waals surface area contributed by atoms with Crippen LogP contribution in [0, 0.1) is 6.92 Å². The molecule has 168 valence electrons. The Bertz CT molecular complexity index is 1070. The van der Waals surface area contributed by atoms with E-state index >= 15 is 0 Å². The Kier molecular flexibility index (Phi) is 6.94. The van der Waals surface area contributed by atoms with Gasteiger partial charge in [0.15, 0.2) is 11.0 Å². The third-order valence-corrected chi connectivity index (χ3v) is 6.63. The minimum Gasteiger partial charge on any atom is -0.472 e. The van der Waals surface area contributed by atoms with Crippen LogP contribution in [0.5, 0.6) is 0 Å². The molecular formula is C23H27N5O3S. The van der Waals surface area contributed by atoms with Crippen LogP contribution in [-0.4, -0.2) is 56.4 Å². The summed E-state index contributed by atoms with van der Waals surface area (Å²) in [5.74, 6) is 1.04. The Morgan fingerprint density at radius 2 is 1.97 bits per heavy atom. The molecule has 0 unspecified atom stereocenters. The zero-order valence-corrected chi connectivity index (χ0v) is 19.1. The predicted octanol–water partition coefficient (Wildman–Crippen LogP) is 3.38. The number of hydrogen-bond acceptors (Lipinski definition) is 6. The molecule has 0 aliphatic carbocycles. The lowest BCUT2D eigenvalue weighted by Gasteiger charge is -2.32. The van der Waals surface area contributed by atoms with Crippen LogP contribution in [0.2, 0.25) is 0 Å². The maximum atomic E-state index is 12.5. The summed E-state index contributed by atoms with van der Waals surface area (Å²) in [6.45, 7) is 6.06. The van der Waals surface area contributed by atoms with Crippen LogP contribution in [0.3, 0.4) is 0 Å². The average molecular weight is 454 g/mol. The zero-order chi connectivity index (χ0) is 22.5. The molecule has 3 heterocycles. The second kappa shape index (κ2) is 10.0. The van der Waals surface area contributed by atoms with Crippen molar-refractivity contribution in [3.05, 3.63) is 54.0 Å². The van der Waals surface area contributed by atoms with Crippen LogP contribution in [-0.2, 0) is 11.3 Å². The standard InChI is InChI=1S/C23H27N5O3S/c1-3-28-21(19-7-5-4-6-16(19)2)25-26-23(28)32-15-20(29)24-18-8-11-27(12-9-18)22(30)17-10-13-31-14-17/h4-7,10,13-14,18H,3,8-9,11-12,15H2,1-2H3,(H,24,29). The monoisotopic (exact) mass is 453 g/mol. The van der Waals surface area contributed by atoms with E-state index < -0.39 is 0 Å². The molecule has 2 amide bonds. The van der Waals surface area contributed by atoms with E-state index in [-0.39, 0.29) is 23.6 Å². The van der Waals surface area contributed by atoms with Gasteiger partial charge in [-0.1, -0.05) is 36.0 Å². The number of furan rings is 1. The fraction of sp³-hybridized carbons (Fsp3) is 0.391. The van der Waals surface area contributed by atoms with Crippen LogP contribution in [0.15, 0.2) is 52.4 Å². The molecule has 0 atom stereocenters. The maximum Gasteiger partial charge on any atom is 0.257 e. The number of hydrogen-bond donors (Lipinski definition) is 1. The van der Waals surface area contributed by atoms with E-state index in [1.54, 1.807) is 11.0 Å². The summed E-state index contributed by atoms with van der Waals surface area (Å²) < 4.78 is 7.04. The number of nitrogens with one attached hydrogen (secondary N) is 1. The third kappa shape index (κ3) is 4.88. The first-order chi connectivity index (χ1) is 15.6. The highest BCUT2D eigenvalue weighted by molar-refractivity contribution is 7.99. The number of nitrogens with zero attached hydrogens (tertiary/aromatic N) is 4. The number of likely N-dealkylation sites (tertiary alicyclic amines) is 1. The minimum atomic E-state index is -0.0299. The molecule has 1 fully saturated rings. The molecule has 1 aliphatic heterocycles. The average Bonchev–Trinajstić information content (AvgIpc) is 3.48. The van der Waals surface area contributed by atoms with Gasteiger partial charge in [-0.25, -0.2) is 0 Å². The van der Waals surface area contributed by atoms with Gasteiger partial charge in [0, 0.05) is 31.2 Å². The van der Waals surface area contributed by atoms with Gasteiger partial charge >= 0.3 is 0 Å². The van der Waals surface area contributed by atoms with Crippen LogP contribution in [0.25, 0.3) is 11.4 Å². The molecule has 1 N–H and O–H groups in total. The van der Waals surface area contributed by atoms with Crippen molar-refractivity contribution in [1.82, 2.24) is 25.0 Å². The van der Waals surface area contributed by atoms with Crippen molar-refractivity contribution < 1.29 is 14.0 Å². The fourth-order valence-corrected chi connectivity index (χ4v) is 4.71. The van der Waals surface area contributed by atoms with Gasteiger partial charge in [-0.15, -0.1) is 10.2 Å². The molecule has 0 bridgehead atoms. The maximum absolute atomic E-state index is 12.5. The van der Waals surface area contributed by atoms with Gasteiger partial charge in [-0.05, 0) is 38.3 Å². The number of aryl methyl sites for hydroxylation is 1. The van der Waals surface area contributed by atoms with Crippen molar-refractivity contribution in [1.29, 1.82) is 0 Å². The van der Waals surface area contributed by atoms with E-state index in [1.807, 2.05) is 29.7 Å². The normalized spacial score (nSPS) is 14.5. The first-order valence-corrected chi connectivity index (χ1v) is 11.8. The summed E-state index contributed by atoms with van der Waals surface area (Å²) in [7, 11) is 0. The fourth-order valence-electron chi connectivity index (χ4n) is 3.90. The van der Waals surface area contributed by atoms with Gasteiger partial charge in [0.25, 0.3) is 5.91 Å². The molecule has 32 heavy (non-hydrogen) atoms. The molecule has 9 heteroatoms. The summed E-state index contributed by atoms with van der Waals surface area (Å²) in [5.41, 5.74) is 2.75. The first kappa shape index (κ1) is 22.1. The highest BCUT2D eigenvalue weighted by atomic mass is 32.2. The van der Waals surface area contributed by atoms with Gasteiger partial charge in [0.1, 0.15) is 6.26 Å². The van der Waals surface area contributed by atoms with Crippen molar-refractivity contribution in [2.45, 2.75) is 44.4 Å². The Morgan fingerprint density at radius 1 is 1.19 bits per heavy atom. The van der Waals surface area contributed by atoms with E-state index in [0.29, 0.717) is 18.7 Å². The first-order valence-electron chi connectivity index (χ1n) is 10.8. The van der Waals surface area contributed by atoms with E-state index in [1.165, 1.54) is 24.3 Å². The lowest BCUT2D eigenvalue weighted by molar-refractivity contribution is -0.119. The zero-order valence-electron chi connectivity index (χ0n) is 18.3. The number of carbonyl (C=O) groups excluding carboxylic acids is 2. The highest BCUT2D eigenvalue weighted by Gasteiger charge is 2.25. The summed E-state index contributed by atoms with van der Waals surface area (Å²) in [4.78, 5) is 26.7.